The van der Waals surface area contributed by atoms with Crippen molar-refractivity contribution in [2.24, 2.45) is 0 Å². The molecule has 7 nitrogen and oxygen atoms in total. The van der Waals surface area contributed by atoms with E-state index in [1.54, 1.807) is 18.4 Å². The second-order valence-electron chi connectivity index (χ2n) is 8.48. The van der Waals surface area contributed by atoms with Crippen molar-refractivity contribution in [3.05, 3.63) is 76.4 Å². The van der Waals surface area contributed by atoms with Crippen molar-refractivity contribution >= 4 is 50.6 Å². The summed E-state index contributed by atoms with van der Waals surface area (Å²) in [5, 5.41) is 10.4. The molecule has 3 N–H and O–H groups in total. The molecule has 0 bridgehead atoms. The van der Waals surface area contributed by atoms with Crippen LogP contribution >= 0.6 is 11.3 Å². The summed E-state index contributed by atoms with van der Waals surface area (Å²) >= 11 is 1.37. The number of alkyl halides is 3. The fourth-order valence-corrected chi connectivity index (χ4v) is 4.55. The molecular weight excluding hydrogens is 491 g/mol. The number of nitrogens with zero attached hydrogens (tertiary/aromatic N) is 2. The number of benzene rings is 2. The lowest BCUT2D eigenvalue weighted by Crippen LogP contribution is -2.16. The minimum atomic E-state index is -4.52. The van der Waals surface area contributed by atoms with Crippen LogP contribution in [0.4, 0.5) is 30.4 Å². The lowest BCUT2D eigenvalue weighted by Gasteiger charge is -2.12. The molecule has 1 saturated carbocycles. The van der Waals surface area contributed by atoms with Gasteiger partial charge in [-0.05, 0) is 55.7 Å². The van der Waals surface area contributed by atoms with Crippen LogP contribution in [-0.4, -0.2) is 27.8 Å². The summed E-state index contributed by atoms with van der Waals surface area (Å²) in [6.45, 7) is 1.77. The fourth-order valence-electron chi connectivity index (χ4n) is 3.60. The first-order valence-electron chi connectivity index (χ1n) is 11.1. The summed E-state index contributed by atoms with van der Waals surface area (Å²) in [6.07, 6.45) is -0.934. The molecule has 1 aliphatic rings. The zero-order valence-corrected chi connectivity index (χ0v) is 19.8. The van der Waals surface area contributed by atoms with Gasteiger partial charge in [0.25, 0.3) is 11.8 Å². The molecule has 0 atom stereocenters. The monoisotopic (exact) mass is 511 g/mol. The number of fused-ring (bicyclic) bond motifs is 1. The Labute approximate surface area is 207 Å². The van der Waals surface area contributed by atoms with Crippen molar-refractivity contribution in [1.29, 1.82) is 0 Å². The number of aromatic nitrogens is 2. The van der Waals surface area contributed by atoms with Crippen LogP contribution in [0.25, 0.3) is 10.2 Å². The standard InChI is InChI=1S/C25H20F3N5O2S/c1-13-5-6-14(23(34)32-17-4-2-3-15(10-17)25(26,27)28)9-19(13)33-24(35)18-11-36-21-20(18)29-12-30-22(21)31-16-7-8-16/h2-6,9-12,16H,7-8H2,1H3,(H,32,34)(H,33,35)(H,29,30,31). The maximum atomic E-state index is 13.1. The number of amides is 2. The van der Waals surface area contributed by atoms with E-state index in [1.165, 1.54) is 41.9 Å². The summed E-state index contributed by atoms with van der Waals surface area (Å²) in [7, 11) is 0. The normalized spacial score (nSPS) is 13.4. The van der Waals surface area contributed by atoms with Crippen molar-refractivity contribution in [3.63, 3.8) is 0 Å². The largest absolute Gasteiger partial charge is 0.416 e. The average molecular weight is 512 g/mol. The van der Waals surface area contributed by atoms with Gasteiger partial charge in [0.15, 0.2) is 0 Å². The SMILES string of the molecule is Cc1ccc(C(=O)Nc2cccc(C(F)(F)F)c2)cc1NC(=O)c1csc2c(NC3CC3)ncnc12. The Bertz CT molecular complexity index is 1480. The molecule has 0 saturated heterocycles. The van der Waals surface area contributed by atoms with E-state index in [0.29, 0.717) is 34.2 Å². The lowest BCUT2D eigenvalue weighted by molar-refractivity contribution is -0.137. The van der Waals surface area contributed by atoms with E-state index in [0.717, 1.165) is 29.7 Å². The van der Waals surface area contributed by atoms with E-state index < -0.39 is 23.6 Å². The highest BCUT2D eigenvalue weighted by molar-refractivity contribution is 7.18. The number of aryl methyl sites for hydroxylation is 1. The maximum Gasteiger partial charge on any atom is 0.416 e. The molecule has 0 unspecified atom stereocenters. The second-order valence-corrected chi connectivity index (χ2v) is 9.36. The number of anilines is 3. The van der Waals surface area contributed by atoms with Gasteiger partial charge in [0.1, 0.15) is 12.1 Å². The Balaban J connectivity index is 1.35. The van der Waals surface area contributed by atoms with Crippen LogP contribution in [-0.2, 0) is 6.18 Å². The molecule has 1 fully saturated rings. The molecule has 0 aliphatic heterocycles. The molecule has 5 rings (SSSR count). The third-order valence-electron chi connectivity index (χ3n) is 5.71. The number of rotatable bonds is 6. The molecule has 11 heteroatoms. The van der Waals surface area contributed by atoms with Crippen molar-refractivity contribution < 1.29 is 22.8 Å². The Hall–Kier alpha value is -3.99. The van der Waals surface area contributed by atoms with Crippen molar-refractivity contribution in [2.75, 3.05) is 16.0 Å². The Kier molecular flexibility index (Phi) is 6.09. The van der Waals surface area contributed by atoms with Gasteiger partial charge in [-0.25, -0.2) is 9.97 Å². The molecule has 184 valence electrons. The van der Waals surface area contributed by atoms with Gasteiger partial charge in [-0.2, -0.15) is 13.2 Å². The predicted octanol–water partition coefficient (Wildman–Crippen LogP) is 6.10. The third-order valence-corrected chi connectivity index (χ3v) is 6.69. The summed E-state index contributed by atoms with van der Waals surface area (Å²) in [5.41, 5.74) is 1.37. The predicted molar refractivity (Wildman–Crippen MR) is 133 cm³/mol. The van der Waals surface area contributed by atoms with Crippen LogP contribution in [0, 0.1) is 6.92 Å². The summed E-state index contributed by atoms with van der Waals surface area (Å²) in [4.78, 5) is 34.4. The Morgan fingerprint density at radius 2 is 1.83 bits per heavy atom. The van der Waals surface area contributed by atoms with Gasteiger partial charge in [0.05, 0.1) is 21.3 Å². The summed E-state index contributed by atoms with van der Waals surface area (Å²) < 4.78 is 39.7. The number of nitrogens with one attached hydrogen (secondary N) is 3. The summed E-state index contributed by atoms with van der Waals surface area (Å²) in [5.74, 6) is -0.291. The molecule has 2 heterocycles. The lowest BCUT2D eigenvalue weighted by atomic mass is 10.1. The smallest absolute Gasteiger partial charge is 0.366 e. The highest BCUT2D eigenvalue weighted by Gasteiger charge is 2.30. The molecule has 2 aromatic heterocycles. The molecule has 2 amide bonds. The van der Waals surface area contributed by atoms with Crippen molar-refractivity contribution in [2.45, 2.75) is 32.0 Å². The second kappa shape index (κ2) is 9.23. The molecule has 0 radical (unpaired) electrons. The highest BCUT2D eigenvalue weighted by atomic mass is 32.1. The Morgan fingerprint density at radius 1 is 1.03 bits per heavy atom. The summed E-state index contributed by atoms with van der Waals surface area (Å²) in [6, 6.07) is 9.47. The fraction of sp³-hybridized carbons (Fsp3) is 0.200. The van der Waals surface area contributed by atoms with Crippen LogP contribution in [0.15, 0.2) is 54.2 Å². The minimum Gasteiger partial charge on any atom is -0.366 e. The number of hydrogen-bond acceptors (Lipinski definition) is 6. The van der Waals surface area contributed by atoms with E-state index in [9.17, 15) is 22.8 Å². The van der Waals surface area contributed by atoms with E-state index in [4.69, 9.17) is 0 Å². The zero-order valence-electron chi connectivity index (χ0n) is 18.9. The minimum absolute atomic E-state index is 0.0148. The van der Waals surface area contributed by atoms with E-state index in [1.807, 2.05) is 0 Å². The van der Waals surface area contributed by atoms with Gasteiger partial charge in [0.2, 0.25) is 0 Å². The Morgan fingerprint density at radius 3 is 2.58 bits per heavy atom. The zero-order chi connectivity index (χ0) is 25.4. The van der Waals surface area contributed by atoms with Crippen LogP contribution in [0.1, 0.15) is 44.7 Å². The van der Waals surface area contributed by atoms with Crippen LogP contribution in [0.2, 0.25) is 0 Å². The molecule has 1 aliphatic carbocycles. The number of carbonyl (C=O) groups excluding carboxylic acids is 2. The average Bonchev–Trinajstić information content (AvgIpc) is 3.54. The van der Waals surface area contributed by atoms with Crippen LogP contribution in [0.3, 0.4) is 0 Å². The molecule has 36 heavy (non-hydrogen) atoms. The first kappa shape index (κ1) is 23.7. The van der Waals surface area contributed by atoms with Crippen molar-refractivity contribution in [3.8, 4) is 0 Å². The quantitative estimate of drug-likeness (QED) is 0.291. The van der Waals surface area contributed by atoms with E-state index in [-0.39, 0.29) is 11.3 Å². The van der Waals surface area contributed by atoms with E-state index >= 15 is 0 Å². The van der Waals surface area contributed by atoms with Gasteiger partial charge in [-0.3, -0.25) is 9.59 Å². The molecule has 4 aromatic rings. The number of thiophene rings is 1. The number of carbonyl (C=O) groups is 2. The van der Waals surface area contributed by atoms with Gasteiger partial charge in [-0.15, -0.1) is 11.3 Å². The van der Waals surface area contributed by atoms with Crippen molar-refractivity contribution in [1.82, 2.24) is 9.97 Å². The number of hydrogen-bond donors (Lipinski definition) is 3. The molecular formula is C25H20F3N5O2S. The first-order valence-corrected chi connectivity index (χ1v) is 12.0. The topological polar surface area (TPSA) is 96.0 Å². The maximum absolute atomic E-state index is 13.1. The van der Waals surface area contributed by atoms with Crippen LogP contribution in [0.5, 0.6) is 0 Å². The molecule has 2 aromatic carbocycles. The first-order chi connectivity index (χ1) is 17.2. The number of halogens is 3. The van der Waals surface area contributed by atoms with Crippen LogP contribution < -0.4 is 16.0 Å². The van der Waals surface area contributed by atoms with Gasteiger partial charge >= 0.3 is 6.18 Å². The highest BCUT2D eigenvalue weighted by Crippen LogP contribution is 2.33. The van der Waals surface area contributed by atoms with Gasteiger partial charge in [0, 0.05) is 28.4 Å². The van der Waals surface area contributed by atoms with Gasteiger partial charge in [-0.1, -0.05) is 12.1 Å². The van der Waals surface area contributed by atoms with Gasteiger partial charge < -0.3 is 16.0 Å². The molecule has 0 spiro atoms. The van der Waals surface area contributed by atoms with E-state index in [2.05, 4.69) is 25.9 Å². The third kappa shape index (κ3) is 5.01.